The summed E-state index contributed by atoms with van der Waals surface area (Å²) in [4.78, 5) is 13.3. The van der Waals surface area contributed by atoms with E-state index in [9.17, 15) is 9.18 Å². The molecule has 1 aromatic carbocycles. The van der Waals surface area contributed by atoms with Crippen LogP contribution in [0.5, 0.6) is 0 Å². The lowest BCUT2D eigenvalue weighted by Gasteiger charge is -2.19. The Morgan fingerprint density at radius 1 is 1.41 bits per heavy atom. The number of anilines is 1. The molecule has 0 saturated carbocycles. The number of rotatable bonds is 2. The van der Waals surface area contributed by atoms with Crippen LogP contribution in [0.4, 0.5) is 10.1 Å². The minimum Gasteiger partial charge on any atom is -0.330 e. The van der Waals surface area contributed by atoms with Crippen LogP contribution in [0.15, 0.2) is 12.1 Å². The van der Waals surface area contributed by atoms with Gasteiger partial charge in [0.15, 0.2) is 0 Å². The molecule has 0 aromatic heterocycles. The van der Waals surface area contributed by atoms with Crippen LogP contribution in [-0.2, 0) is 4.79 Å². The smallest absolute Gasteiger partial charge is 0.227 e. The van der Waals surface area contributed by atoms with Crippen molar-refractivity contribution in [3.8, 4) is 0 Å². The van der Waals surface area contributed by atoms with Gasteiger partial charge in [-0.1, -0.05) is 23.2 Å². The maximum Gasteiger partial charge on any atom is 0.227 e. The van der Waals surface area contributed by atoms with Crippen LogP contribution in [0, 0.1) is 11.7 Å². The van der Waals surface area contributed by atoms with E-state index in [2.05, 4.69) is 0 Å². The number of carbonyl (C=O) groups excluding carboxylic acids is 1. The molecule has 1 atom stereocenters. The summed E-state index contributed by atoms with van der Waals surface area (Å²) in [5.41, 5.74) is 5.90. The van der Waals surface area contributed by atoms with Gasteiger partial charge in [0.25, 0.3) is 0 Å². The van der Waals surface area contributed by atoms with E-state index in [0.717, 1.165) is 12.1 Å². The quantitative estimate of drug-likeness (QED) is 0.902. The molecule has 6 heteroatoms. The molecule has 1 aliphatic heterocycles. The van der Waals surface area contributed by atoms with Gasteiger partial charge in [0.1, 0.15) is 5.82 Å². The van der Waals surface area contributed by atoms with E-state index in [-0.39, 0.29) is 21.9 Å². The highest BCUT2D eigenvalue weighted by Gasteiger charge is 2.32. The number of hydrogen-bond acceptors (Lipinski definition) is 2. The molecule has 0 aliphatic carbocycles. The fourth-order valence-corrected chi connectivity index (χ4v) is 2.61. The van der Waals surface area contributed by atoms with Crippen molar-refractivity contribution in [1.29, 1.82) is 0 Å². The predicted octanol–water partition coefficient (Wildman–Crippen LogP) is 2.44. The van der Waals surface area contributed by atoms with Gasteiger partial charge in [-0.25, -0.2) is 4.39 Å². The molecule has 1 saturated heterocycles. The number of benzene rings is 1. The number of hydrogen-bond donors (Lipinski definition) is 1. The Morgan fingerprint density at radius 3 is 2.47 bits per heavy atom. The van der Waals surface area contributed by atoms with Gasteiger partial charge in [-0.3, -0.25) is 4.79 Å². The van der Waals surface area contributed by atoms with E-state index in [4.69, 9.17) is 28.9 Å². The SMILES string of the molecule is NCC1CC(=O)N(c2c(Cl)cc(F)cc2Cl)C1. The Morgan fingerprint density at radius 2 is 2.00 bits per heavy atom. The normalized spacial score (nSPS) is 20.1. The molecule has 0 bridgehead atoms. The van der Waals surface area contributed by atoms with E-state index in [1.165, 1.54) is 4.90 Å². The van der Waals surface area contributed by atoms with Crippen molar-refractivity contribution >= 4 is 34.8 Å². The number of nitrogens with zero attached hydrogens (tertiary/aromatic N) is 1. The largest absolute Gasteiger partial charge is 0.330 e. The highest BCUT2D eigenvalue weighted by Crippen LogP contribution is 2.37. The Bertz CT molecular complexity index is 444. The number of carbonyl (C=O) groups is 1. The zero-order chi connectivity index (χ0) is 12.6. The third-order valence-electron chi connectivity index (χ3n) is 2.79. The van der Waals surface area contributed by atoms with Gasteiger partial charge in [0, 0.05) is 13.0 Å². The van der Waals surface area contributed by atoms with Crippen molar-refractivity contribution in [2.45, 2.75) is 6.42 Å². The monoisotopic (exact) mass is 276 g/mol. The summed E-state index contributed by atoms with van der Waals surface area (Å²) in [7, 11) is 0. The zero-order valence-electron chi connectivity index (χ0n) is 8.92. The third kappa shape index (κ3) is 2.39. The molecule has 92 valence electrons. The standard InChI is InChI=1S/C11H11Cl2FN2O/c12-8-2-7(14)3-9(13)11(8)16-5-6(4-15)1-10(16)17/h2-3,6H,1,4-5,15H2. The van der Waals surface area contributed by atoms with E-state index >= 15 is 0 Å². The van der Waals surface area contributed by atoms with Crippen LogP contribution < -0.4 is 10.6 Å². The van der Waals surface area contributed by atoms with Crippen LogP contribution in [0.25, 0.3) is 0 Å². The molecular formula is C11H11Cl2FN2O. The summed E-state index contributed by atoms with van der Waals surface area (Å²) in [5.74, 6) is -0.513. The second-order valence-corrected chi connectivity index (χ2v) is 4.84. The van der Waals surface area contributed by atoms with Crippen molar-refractivity contribution in [2.24, 2.45) is 11.7 Å². The zero-order valence-corrected chi connectivity index (χ0v) is 10.4. The van der Waals surface area contributed by atoms with Gasteiger partial charge < -0.3 is 10.6 Å². The second-order valence-electron chi connectivity index (χ2n) is 4.03. The van der Waals surface area contributed by atoms with Crippen molar-refractivity contribution in [2.75, 3.05) is 18.0 Å². The molecule has 1 fully saturated rings. The van der Waals surface area contributed by atoms with Gasteiger partial charge in [-0.05, 0) is 24.6 Å². The average Bonchev–Trinajstić information content (AvgIpc) is 2.59. The fraction of sp³-hybridized carbons (Fsp3) is 0.364. The molecule has 1 aliphatic rings. The summed E-state index contributed by atoms with van der Waals surface area (Å²) >= 11 is 11.8. The van der Waals surface area contributed by atoms with Crippen LogP contribution in [0.1, 0.15) is 6.42 Å². The molecule has 2 N–H and O–H groups in total. The van der Waals surface area contributed by atoms with Crippen molar-refractivity contribution in [3.05, 3.63) is 28.0 Å². The number of nitrogens with two attached hydrogens (primary N) is 1. The van der Waals surface area contributed by atoms with Gasteiger partial charge in [0.05, 0.1) is 15.7 Å². The molecule has 0 radical (unpaired) electrons. The summed E-state index contributed by atoms with van der Waals surface area (Å²) < 4.78 is 13.0. The first-order valence-electron chi connectivity index (χ1n) is 5.18. The molecule has 1 heterocycles. The number of halogens is 3. The van der Waals surface area contributed by atoms with E-state index in [1.54, 1.807) is 0 Å². The summed E-state index contributed by atoms with van der Waals surface area (Å²) in [6.07, 6.45) is 0.376. The Kier molecular flexibility index (Phi) is 3.56. The summed E-state index contributed by atoms with van der Waals surface area (Å²) in [5, 5.41) is 0.280. The van der Waals surface area contributed by atoms with Crippen molar-refractivity contribution < 1.29 is 9.18 Å². The molecule has 0 spiro atoms. The highest BCUT2D eigenvalue weighted by molar-refractivity contribution is 6.40. The average molecular weight is 277 g/mol. The lowest BCUT2D eigenvalue weighted by molar-refractivity contribution is -0.117. The first-order valence-corrected chi connectivity index (χ1v) is 5.93. The molecule has 3 nitrogen and oxygen atoms in total. The summed E-state index contributed by atoms with van der Waals surface area (Å²) in [6.45, 7) is 0.902. The minimum absolute atomic E-state index is 0.0872. The lowest BCUT2D eigenvalue weighted by atomic mass is 10.1. The minimum atomic E-state index is -0.522. The first-order chi connectivity index (χ1) is 8.02. The topological polar surface area (TPSA) is 46.3 Å². The highest BCUT2D eigenvalue weighted by atomic mass is 35.5. The molecule has 1 unspecified atom stereocenters. The van der Waals surface area contributed by atoms with Crippen molar-refractivity contribution in [3.63, 3.8) is 0 Å². The molecule has 1 amide bonds. The Labute approximate surface area is 108 Å². The van der Waals surface area contributed by atoms with Gasteiger partial charge in [-0.15, -0.1) is 0 Å². The van der Waals surface area contributed by atoms with Crippen LogP contribution >= 0.6 is 23.2 Å². The molecule has 17 heavy (non-hydrogen) atoms. The van der Waals surface area contributed by atoms with E-state index < -0.39 is 5.82 Å². The maximum atomic E-state index is 13.0. The third-order valence-corrected chi connectivity index (χ3v) is 3.37. The molecule has 2 rings (SSSR count). The van der Waals surface area contributed by atoms with Crippen molar-refractivity contribution in [1.82, 2.24) is 0 Å². The molecule has 1 aromatic rings. The van der Waals surface area contributed by atoms with E-state index in [0.29, 0.717) is 25.2 Å². The van der Waals surface area contributed by atoms with E-state index in [1.807, 2.05) is 0 Å². The Hall–Kier alpha value is -0.840. The predicted molar refractivity (Wildman–Crippen MR) is 65.9 cm³/mol. The Balaban J connectivity index is 2.38. The lowest BCUT2D eigenvalue weighted by Crippen LogP contribution is -2.26. The van der Waals surface area contributed by atoms with Gasteiger partial charge in [0.2, 0.25) is 5.91 Å². The maximum absolute atomic E-state index is 13.0. The van der Waals surface area contributed by atoms with Crippen LogP contribution in [0.3, 0.4) is 0 Å². The first kappa shape index (κ1) is 12.6. The second kappa shape index (κ2) is 4.80. The van der Waals surface area contributed by atoms with Gasteiger partial charge >= 0.3 is 0 Å². The number of amides is 1. The molecular weight excluding hydrogens is 266 g/mol. The fourth-order valence-electron chi connectivity index (χ4n) is 1.95. The summed E-state index contributed by atoms with van der Waals surface area (Å²) in [6, 6.07) is 2.29. The van der Waals surface area contributed by atoms with Crippen LogP contribution in [0.2, 0.25) is 10.0 Å². The van der Waals surface area contributed by atoms with Crippen LogP contribution in [-0.4, -0.2) is 19.0 Å². The van der Waals surface area contributed by atoms with Gasteiger partial charge in [-0.2, -0.15) is 0 Å².